The van der Waals surface area contributed by atoms with Crippen LogP contribution in [0, 0.1) is 5.92 Å². The van der Waals surface area contributed by atoms with Gasteiger partial charge in [0, 0.05) is 12.0 Å². The molecule has 10 heteroatoms. The van der Waals surface area contributed by atoms with Gasteiger partial charge in [0.05, 0.1) is 24.6 Å². The van der Waals surface area contributed by atoms with Crippen molar-refractivity contribution in [1.29, 1.82) is 0 Å². The molecule has 0 radical (unpaired) electrons. The largest absolute Gasteiger partial charge is 0.498 e. The highest BCUT2D eigenvalue weighted by atomic mass is 32.2. The number of nitrogens with zero attached hydrogens (tertiary/aromatic N) is 2. The maximum atomic E-state index is 14.0. The molecule has 188 valence electrons. The first-order chi connectivity index (χ1) is 16.6. The van der Waals surface area contributed by atoms with Gasteiger partial charge in [-0.1, -0.05) is 37.3 Å². The van der Waals surface area contributed by atoms with E-state index in [1.54, 1.807) is 6.92 Å². The number of carboxylic acids is 1. The first-order valence-electron chi connectivity index (χ1n) is 11.6. The zero-order valence-electron chi connectivity index (χ0n) is 19.8. The van der Waals surface area contributed by atoms with Crippen molar-refractivity contribution >= 4 is 22.1 Å². The molecule has 0 bridgehead atoms. The van der Waals surface area contributed by atoms with E-state index in [2.05, 4.69) is 0 Å². The molecule has 0 aromatic heterocycles. The molecule has 2 aliphatic rings. The normalized spacial score (nSPS) is 28.9. The number of fused-ring (bicyclic) bond motifs is 1. The zero-order chi connectivity index (χ0) is 25.4. The van der Waals surface area contributed by atoms with Crippen LogP contribution in [0.4, 0.5) is 4.79 Å². The van der Waals surface area contributed by atoms with E-state index in [0.29, 0.717) is 12.2 Å². The summed E-state index contributed by atoms with van der Waals surface area (Å²) in [5, 5.41) is 22.8. The van der Waals surface area contributed by atoms with Crippen LogP contribution in [0.25, 0.3) is 0 Å². The number of benzene rings is 2. The molecule has 35 heavy (non-hydrogen) atoms. The summed E-state index contributed by atoms with van der Waals surface area (Å²) in [6.07, 6.45) is -0.709. The van der Waals surface area contributed by atoms with Crippen molar-refractivity contribution in [3.05, 3.63) is 60.2 Å². The molecule has 2 heterocycles. The van der Waals surface area contributed by atoms with Gasteiger partial charge < -0.3 is 19.7 Å². The highest BCUT2D eigenvalue weighted by molar-refractivity contribution is 7.89. The number of ether oxygens (including phenoxy) is 1. The first kappa shape index (κ1) is 25.2. The highest BCUT2D eigenvalue weighted by Crippen LogP contribution is 2.49. The minimum atomic E-state index is -4.27. The Morgan fingerprint density at radius 3 is 2.37 bits per heavy atom. The van der Waals surface area contributed by atoms with Crippen LogP contribution in [0.1, 0.15) is 31.7 Å². The maximum absolute atomic E-state index is 14.0. The summed E-state index contributed by atoms with van der Waals surface area (Å²) in [5.41, 5.74) is -0.870. The number of carbonyl (C=O) groups excluding carboxylic acids is 1. The summed E-state index contributed by atoms with van der Waals surface area (Å²) in [7, 11) is -2.81. The number of likely N-dealkylation sites (tertiary alicyclic amines) is 1. The van der Waals surface area contributed by atoms with Crippen molar-refractivity contribution in [3.63, 3.8) is 0 Å². The lowest BCUT2D eigenvalue weighted by atomic mass is 9.85. The second-order valence-electron chi connectivity index (χ2n) is 9.45. The second kappa shape index (κ2) is 9.25. The monoisotopic (exact) mass is 502 g/mol. The Balaban J connectivity index is 1.80. The maximum Gasteiger partial charge on any atom is 0.325 e. The number of aliphatic carboxylic acids is 1. The van der Waals surface area contributed by atoms with E-state index >= 15 is 0 Å². The molecule has 1 amide bonds. The van der Waals surface area contributed by atoms with Crippen LogP contribution in [0.15, 0.2) is 59.5 Å². The molecule has 0 spiro atoms. The molecular formula is C25H30N2O7S. The van der Waals surface area contributed by atoms with Crippen LogP contribution in [0.2, 0.25) is 0 Å². The number of piperidine rings is 1. The van der Waals surface area contributed by atoms with Crippen molar-refractivity contribution < 1.29 is 37.4 Å². The Bertz CT molecular complexity index is 1200. The van der Waals surface area contributed by atoms with Gasteiger partial charge in [-0.05, 0) is 43.0 Å². The number of hydrogen-bond donors (Lipinski definition) is 1. The van der Waals surface area contributed by atoms with Crippen molar-refractivity contribution in [3.8, 4) is 5.75 Å². The molecule has 1 N–H and O–H groups in total. The quantitative estimate of drug-likeness (QED) is 0.575. The molecule has 2 aromatic rings. The third-order valence-electron chi connectivity index (χ3n) is 7.65. The summed E-state index contributed by atoms with van der Waals surface area (Å²) in [4.78, 5) is 25.0. The average molecular weight is 503 g/mol. The van der Waals surface area contributed by atoms with Gasteiger partial charge in [0.25, 0.3) is 6.09 Å². The lowest BCUT2D eigenvalue weighted by Crippen LogP contribution is -2.67. The molecule has 0 saturated carbocycles. The minimum Gasteiger partial charge on any atom is -0.498 e. The van der Waals surface area contributed by atoms with E-state index in [9.17, 15) is 28.2 Å². The molecule has 4 rings (SSSR count). The molecule has 2 aliphatic heterocycles. The van der Waals surface area contributed by atoms with Gasteiger partial charge in [0.1, 0.15) is 24.4 Å². The van der Waals surface area contributed by atoms with Crippen LogP contribution >= 0.6 is 0 Å². The van der Waals surface area contributed by atoms with Crippen LogP contribution in [-0.4, -0.2) is 66.2 Å². The van der Waals surface area contributed by atoms with Gasteiger partial charge in [-0.25, -0.2) is 8.42 Å². The van der Waals surface area contributed by atoms with Crippen LogP contribution < -0.4 is 9.84 Å². The van der Waals surface area contributed by atoms with E-state index < -0.39 is 38.1 Å². The summed E-state index contributed by atoms with van der Waals surface area (Å²) < 4.78 is 33.7. The van der Waals surface area contributed by atoms with Crippen LogP contribution in [0.3, 0.4) is 0 Å². The molecule has 2 aromatic carbocycles. The summed E-state index contributed by atoms with van der Waals surface area (Å²) in [5.74, 6) is -1.03. The number of methoxy groups -OCH3 is 1. The molecule has 4 atom stereocenters. The third kappa shape index (κ3) is 4.19. The number of carbonyl (C=O) groups is 2. The topological polar surface area (TPSA) is 124 Å². The second-order valence-corrected chi connectivity index (χ2v) is 11.3. The Labute approximate surface area is 205 Å². The summed E-state index contributed by atoms with van der Waals surface area (Å²) in [6, 6.07) is 14.1. The van der Waals surface area contributed by atoms with Gasteiger partial charge in [-0.2, -0.15) is 4.31 Å². The Morgan fingerprint density at radius 2 is 1.83 bits per heavy atom. The number of carboxylic acid groups (broad SMARTS) is 2. The van der Waals surface area contributed by atoms with Crippen molar-refractivity contribution in [1.82, 2.24) is 4.31 Å². The van der Waals surface area contributed by atoms with Crippen molar-refractivity contribution in [2.75, 3.05) is 20.2 Å². The van der Waals surface area contributed by atoms with Crippen LogP contribution in [-0.2, 0) is 21.4 Å². The Hall–Kier alpha value is -2.95. The third-order valence-corrected chi connectivity index (χ3v) is 9.65. The van der Waals surface area contributed by atoms with Gasteiger partial charge in [-0.3, -0.25) is 9.28 Å². The van der Waals surface area contributed by atoms with Crippen molar-refractivity contribution in [2.24, 2.45) is 5.92 Å². The Kier molecular flexibility index (Phi) is 6.65. The highest BCUT2D eigenvalue weighted by Gasteiger charge is 2.63. The SMILES string of the molecule is CC[C@@]1(C(=O)O)C[C@@H]2CC[N+](Cc3ccccc3)(C(=O)[O-])C[C@@H]2N1S(=O)(=O)c1ccc(OC)cc1. The lowest BCUT2D eigenvalue weighted by molar-refractivity contribution is -0.896. The summed E-state index contributed by atoms with van der Waals surface area (Å²) >= 11 is 0. The fourth-order valence-corrected chi connectivity index (χ4v) is 7.80. The predicted octanol–water partition coefficient (Wildman–Crippen LogP) is 2.07. The lowest BCUT2D eigenvalue weighted by Gasteiger charge is -2.46. The zero-order valence-corrected chi connectivity index (χ0v) is 20.6. The molecule has 2 fully saturated rings. The number of rotatable bonds is 7. The van der Waals surface area contributed by atoms with E-state index in [0.717, 1.165) is 9.87 Å². The number of sulfonamides is 1. The Morgan fingerprint density at radius 1 is 1.17 bits per heavy atom. The fraction of sp³-hybridized carbons (Fsp3) is 0.440. The van der Waals surface area contributed by atoms with Gasteiger partial charge in [-0.15, -0.1) is 0 Å². The standard InChI is InChI=1S/C25H30N2O7S/c1-3-25(23(28)29)15-19-13-14-27(24(30)31,16-18-7-5-4-6-8-18)17-22(19)26(25)35(32,33)21-11-9-20(34-2)10-12-21/h4-12,19,22H,3,13-17H2,1-2H3,(H-,28,29,30,31)/t19-,22-,25-,27?/m0/s1. The fourth-order valence-electron chi connectivity index (χ4n) is 5.76. The first-order valence-corrected chi connectivity index (χ1v) is 13.1. The van der Waals surface area contributed by atoms with Gasteiger partial charge in [0.15, 0.2) is 0 Å². The minimum absolute atomic E-state index is 0.0572. The smallest absolute Gasteiger partial charge is 0.325 e. The number of quaternary nitrogens is 1. The molecular weight excluding hydrogens is 472 g/mol. The van der Waals surface area contributed by atoms with Crippen molar-refractivity contribution in [2.45, 2.75) is 49.2 Å². The summed E-state index contributed by atoms with van der Waals surface area (Å²) in [6.45, 7) is 1.97. The van der Waals surface area contributed by atoms with Gasteiger partial charge in [0.2, 0.25) is 10.0 Å². The van der Waals surface area contributed by atoms with E-state index in [1.165, 1.54) is 31.4 Å². The molecule has 2 saturated heterocycles. The van der Waals surface area contributed by atoms with Crippen LogP contribution in [0.5, 0.6) is 5.75 Å². The van der Waals surface area contributed by atoms with E-state index in [4.69, 9.17) is 4.74 Å². The molecule has 1 unspecified atom stereocenters. The van der Waals surface area contributed by atoms with E-state index in [-0.39, 0.29) is 43.3 Å². The number of hydrogen-bond acceptors (Lipinski definition) is 6. The molecule has 0 aliphatic carbocycles. The average Bonchev–Trinajstić information content (AvgIpc) is 3.20. The molecule has 9 nitrogen and oxygen atoms in total. The number of amides is 1. The van der Waals surface area contributed by atoms with Gasteiger partial charge >= 0.3 is 5.97 Å². The van der Waals surface area contributed by atoms with E-state index in [1.807, 2.05) is 30.3 Å². The predicted molar refractivity (Wildman–Crippen MR) is 125 cm³/mol.